The van der Waals surface area contributed by atoms with Gasteiger partial charge in [-0.15, -0.1) is 0 Å². The van der Waals surface area contributed by atoms with Crippen molar-refractivity contribution in [1.29, 1.82) is 0 Å². The molecule has 230 valence electrons. The van der Waals surface area contributed by atoms with Crippen molar-refractivity contribution in [3.05, 3.63) is 70.8 Å². The van der Waals surface area contributed by atoms with Crippen LogP contribution in [0, 0.1) is 13.8 Å². The summed E-state index contributed by atoms with van der Waals surface area (Å²) in [5.41, 5.74) is 2.00. The number of carbonyl (C=O) groups excluding carboxylic acids is 4. The van der Waals surface area contributed by atoms with E-state index >= 15 is 0 Å². The summed E-state index contributed by atoms with van der Waals surface area (Å²) in [6.45, 7) is 3.83. The van der Waals surface area contributed by atoms with Crippen LogP contribution in [-0.2, 0) is 39.1 Å². The molecule has 12 nitrogen and oxygen atoms in total. The van der Waals surface area contributed by atoms with E-state index in [9.17, 15) is 19.2 Å². The van der Waals surface area contributed by atoms with E-state index in [2.05, 4.69) is 29.6 Å². The monoisotopic (exact) mass is 590 g/mol. The quantitative estimate of drug-likeness (QED) is 0.0705. The van der Waals surface area contributed by atoms with E-state index in [-0.39, 0.29) is 13.2 Å². The predicted octanol–water partition coefficient (Wildman–Crippen LogP) is 7.22. The minimum Gasteiger partial charge on any atom is -0.432 e. The van der Waals surface area contributed by atoms with E-state index in [1.165, 1.54) is 0 Å². The second-order valence-electron chi connectivity index (χ2n) is 9.41. The van der Waals surface area contributed by atoms with Crippen molar-refractivity contribution >= 4 is 24.2 Å². The fourth-order valence-corrected chi connectivity index (χ4v) is 3.82. The lowest BCUT2D eigenvalue weighted by Gasteiger charge is -2.06. The Morgan fingerprint density at radius 1 is 0.476 bits per heavy atom. The van der Waals surface area contributed by atoms with Gasteiger partial charge in [0.15, 0.2) is 0 Å². The summed E-state index contributed by atoms with van der Waals surface area (Å²) in [4.78, 5) is 64.0. The lowest BCUT2D eigenvalue weighted by molar-refractivity contribution is -0.452. The zero-order valence-electron chi connectivity index (χ0n) is 24.0. The van der Waals surface area contributed by atoms with Crippen LogP contribution in [0.3, 0.4) is 0 Å². The number of rotatable bonds is 19. The first-order valence-electron chi connectivity index (χ1n) is 13.9. The molecule has 2 aromatic rings. The second kappa shape index (κ2) is 20.7. The topological polar surface area (TPSA) is 142 Å². The molecule has 0 aliphatic carbocycles. The van der Waals surface area contributed by atoms with Gasteiger partial charge in [-0.1, -0.05) is 87.8 Å². The van der Waals surface area contributed by atoms with Crippen molar-refractivity contribution in [2.75, 3.05) is 13.2 Å². The van der Waals surface area contributed by atoms with Gasteiger partial charge in [0, 0.05) is 0 Å². The van der Waals surface area contributed by atoms with Crippen LogP contribution in [-0.4, -0.2) is 37.5 Å². The van der Waals surface area contributed by atoms with Crippen molar-refractivity contribution < 1.29 is 58.3 Å². The van der Waals surface area contributed by atoms with Crippen molar-refractivity contribution in [3.8, 4) is 0 Å². The van der Waals surface area contributed by atoms with Crippen LogP contribution >= 0.6 is 0 Å². The third-order valence-electron chi connectivity index (χ3n) is 6.13. The first-order valence-corrected chi connectivity index (χ1v) is 13.9. The zero-order chi connectivity index (χ0) is 30.4. The summed E-state index contributed by atoms with van der Waals surface area (Å²) in [6.07, 6.45) is 7.39. The van der Waals surface area contributed by atoms with E-state index in [1.54, 1.807) is 62.4 Å². The highest BCUT2D eigenvalue weighted by Crippen LogP contribution is 2.12. The highest BCUT2D eigenvalue weighted by molar-refractivity contribution is 5.91. The van der Waals surface area contributed by atoms with E-state index in [0.717, 1.165) is 51.4 Å². The number of unbranched alkanes of at least 4 members (excludes halogenated alkanes) is 9. The van der Waals surface area contributed by atoms with Gasteiger partial charge in [-0.25, -0.2) is 29.0 Å². The van der Waals surface area contributed by atoms with Crippen LogP contribution in [0.2, 0.25) is 0 Å². The average molecular weight is 591 g/mol. The number of benzene rings is 2. The Bertz CT molecular complexity index is 1030. The van der Waals surface area contributed by atoms with Gasteiger partial charge in [-0.2, -0.15) is 0 Å². The molecule has 2 aromatic carbocycles. The summed E-state index contributed by atoms with van der Waals surface area (Å²) < 4.78 is 9.73. The SMILES string of the molecule is Cc1ccccc1C(=O)OOOC(=O)OCCCCCCCCCCCCOC(=O)OOOC(=O)c1ccccc1C. The molecule has 0 saturated heterocycles. The lowest BCUT2D eigenvalue weighted by Crippen LogP contribution is -2.13. The maximum atomic E-state index is 11.8. The number of hydrogen-bond acceptors (Lipinski definition) is 12. The third kappa shape index (κ3) is 14.5. The Kier molecular flexibility index (Phi) is 16.8. The minimum absolute atomic E-state index is 0.175. The normalized spacial score (nSPS) is 10.4. The third-order valence-corrected chi connectivity index (χ3v) is 6.13. The molecule has 0 aromatic heterocycles. The molecule has 0 fully saturated rings. The van der Waals surface area contributed by atoms with Crippen LogP contribution in [0.5, 0.6) is 0 Å². The maximum absolute atomic E-state index is 11.8. The van der Waals surface area contributed by atoms with Crippen LogP contribution < -0.4 is 0 Å². The second-order valence-corrected chi connectivity index (χ2v) is 9.41. The molecule has 0 bridgehead atoms. The van der Waals surface area contributed by atoms with Gasteiger partial charge in [-0.3, -0.25) is 9.78 Å². The molecular weight excluding hydrogens is 552 g/mol. The van der Waals surface area contributed by atoms with Crippen LogP contribution in [0.15, 0.2) is 48.5 Å². The fourth-order valence-electron chi connectivity index (χ4n) is 3.82. The van der Waals surface area contributed by atoms with Gasteiger partial charge in [0.2, 0.25) is 0 Å². The summed E-state index contributed by atoms with van der Waals surface area (Å²) >= 11 is 0. The predicted molar refractivity (Wildman–Crippen MR) is 146 cm³/mol. The molecule has 0 N–H and O–H groups in total. The van der Waals surface area contributed by atoms with E-state index in [4.69, 9.17) is 9.47 Å². The molecule has 0 unspecified atom stereocenters. The van der Waals surface area contributed by atoms with E-state index in [0.29, 0.717) is 35.1 Å². The Labute approximate surface area is 244 Å². The lowest BCUT2D eigenvalue weighted by atomic mass is 10.1. The van der Waals surface area contributed by atoms with Gasteiger partial charge in [0.25, 0.3) is 0 Å². The molecule has 0 aliphatic heterocycles. The summed E-state index contributed by atoms with van der Waals surface area (Å²) in [5.74, 6) is -1.56. The number of ether oxygens (including phenoxy) is 2. The molecule has 0 saturated carbocycles. The molecule has 42 heavy (non-hydrogen) atoms. The summed E-state index contributed by atoms with van der Waals surface area (Å²) in [5, 5.41) is 8.41. The van der Waals surface area contributed by atoms with Crippen molar-refractivity contribution in [3.63, 3.8) is 0 Å². The summed E-state index contributed by atoms with van der Waals surface area (Å²) in [7, 11) is 0. The molecule has 0 atom stereocenters. The highest BCUT2D eigenvalue weighted by Gasteiger charge is 2.15. The molecule has 0 radical (unpaired) electrons. The molecule has 12 heteroatoms. The van der Waals surface area contributed by atoms with Gasteiger partial charge in [0.1, 0.15) is 0 Å². The maximum Gasteiger partial charge on any atom is 0.543 e. The van der Waals surface area contributed by atoms with Gasteiger partial charge >= 0.3 is 24.2 Å². The number of hydrogen-bond donors (Lipinski definition) is 0. The molecule has 0 aliphatic rings. The minimum atomic E-state index is -1.08. The molecule has 0 heterocycles. The molecular formula is C30H38O12. The first-order chi connectivity index (χ1) is 20.4. The Balaban J connectivity index is 1.31. The van der Waals surface area contributed by atoms with Gasteiger partial charge < -0.3 is 9.47 Å². The van der Waals surface area contributed by atoms with Crippen LogP contribution in [0.1, 0.15) is 96.1 Å². The molecule has 0 amide bonds. The van der Waals surface area contributed by atoms with Crippen LogP contribution in [0.4, 0.5) is 9.59 Å². The van der Waals surface area contributed by atoms with E-state index in [1.807, 2.05) is 0 Å². The Morgan fingerprint density at radius 2 is 0.810 bits per heavy atom. The van der Waals surface area contributed by atoms with E-state index < -0.39 is 24.2 Å². The van der Waals surface area contributed by atoms with Crippen molar-refractivity contribution in [2.45, 2.75) is 78.1 Å². The standard InChI is InChI=1S/C30H38O12/c1-23-17-11-13-19-25(23)27(31)37-41-39-29(33)35-21-15-9-7-5-3-4-6-8-10-16-22-36-30(34)40-42-38-28(32)26-20-14-12-18-24(26)2/h11-14,17-20H,3-10,15-16,21-22H2,1-2H3. The highest BCUT2D eigenvalue weighted by atomic mass is 17.5. The first kappa shape index (κ1) is 34.0. The summed E-state index contributed by atoms with van der Waals surface area (Å²) in [6, 6.07) is 13.5. The molecule has 0 spiro atoms. The molecule has 2 rings (SSSR count). The Hall–Kier alpha value is -4.16. The largest absolute Gasteiger partial charge is 0.543 e. The number of carbonyl (C=O) groups is 4. The van der Waals surface area contributed by atoms with Crippen molar-refractivity contribution in [1.82, 2.24) is 0 Å². The zero-order valence-corrected chi connectivity index (χ0v) is 24.0. The fraction of sp³-hybridized carbons (Fsp3) is 0.467. The number of aryl methyl sites for hydroxylation is 2. The van der Waals surface area contributed by atoms with Gasteiger partial charge in [0.05, 0.1) is 34.4 Å². The van der Waals surface area contributed by atoms with Crippen LogP contribution in [0.25, 0.3) is 0 Å². The van der Waals surface area contributed by atoms with Gasteiger partial charge in [-0.05, 0) is 49.9 Å². The van der Waals surface area contributed by atoms with Crippen molar-refractivity contribution in [2.24, 2.45) is 0 Å². The smallest absolute Gasteiger partial charge is 0.432 e. The Morgan fingerprint density at radius 3 is 1.17 bits per heavy atom. The average Bonchev–Trinajstić information content (AvgIpc) is 2.97.